The van der Waals surface area contributed by atoms with Crippen LogP contribution >= 0.6 is 0 Å². The second kappa shape index (κ2) is 5.58. The molecule has 0 saturated carbocycles. The lowest BCUT2D eigenvalue weighted by Crippen LogP contribution is -2.13. The fourth-order valence-corrected chi connectivity index (χ4v) is 2.68. The van der Waals surface area contributed by atoms with Gasteiger partial charge in [0.25, 0.3) is 0 Å². The van der Waals surface area contributed by atoms with E-state index in [1.165, 1.54) is 6.07 Å². The van der Waals surface area contributed by atoms with E-state index in [1.807, 2.05) is 30.5 Å². The number of rotatable bonds is 4. The first kappa shape index (κ1) is 13.6. The molecule has 0 radical (unpaired) electrons. The maximum Gasteiger partial charge on any atom is 0.123 e. The molecule has 0 unspecified atom stereocenters. The van der Waals surface area contributed by atoms with Gasteiger partial charge in [0, 0.05) is 29.6 Å². The number of aromatic nitrogens is 1. The Hall–Kier alpha value is -2.33. The van der Waals surface area contributed by atoms with Crippen LogP contribution in [0.4, 0.5) is 4.39 Å². The van der Waals surface area contributed by atoms with Crippen molar-refractivity contribution in [2.45, 2.75) is 5.92 Å². The average Bonchev–Trinajstić information content (AvgIpc) is 2.92. The highest BCUT2D eigenvalue weighted by Gasteiger charge is 2.17. The van der Waals surface area contributed by atoms with Gasteiger partial charge in [-0.2, -0.15) is 0 Å². The number of nitrogens with one attached hydrogen (secondary N) is 1. The van der Waals surface area contributed by atoms with Gasteiger partial charge >= 0.3 is 0 Å². The largest absolute Gasteiger partial charge is 0.497 e. The molecule has 0 aliphatic rings. The number of benzene rings is 2. The lowest BCUT2D eigenvalue weighted by molar-refractivity contribution is 0.414. The molecule has 0 saturated heterocycles. The second-order valence-electron chi connectivity index (χ2n) is 5.00. The lowest BCUT2D eigenvalue weighted by atomic mass is 9.91. The molecule has 3 rings (SSSR count). The van der Waals surface area contributed by atoms with Crippen LogP contribution in [-0.2, 0) is 0 Å². The van der Waals surface area contributed by atoms with Gasteiger partial charge in [-0.15, -0.1) is 0 Å². The number of halogens is 1. The molecule has 21 heavy (non-hydrogen) atoms. The van der Waals surface area contributed by atoms with Crippen molar-refractivity contribution in [1.29, 1.82) is 0 Å². The summed E-state index contributed by atoms with van der Waals surface area (Å²) in [5.74, 6) is 0.583. The van der Waals surface area contributed by atoms with Crippen LogP contribution in [-0.4, -0.2) is 18.6 Å². The van der Waals surface area contributed by atoms with Crippen LogP contribution in [0.25, 0.3) is 10.9 Å². The Morgan fingerprint density at radius 1 is 1.19 bits per heavy atom. The fourth-order valence-electron chi connectivity index (χ4n) is 2.68. The van der Waals surface area contributed by atoms with Gasteiger partial charge in [0.2, 0.25) is 0 Å². The monoisotopic (exact) mass is 284 g/mol. The molecule has 2 aromatic carbocycles. The van der Waals surface area contributed by atoms with E-state index in [1.54, 1.807) is 19.2 Å². The van der Waals surface area contributed by atoms with Crippen LogP contribution in [0.15, 0.2) is 48.7 Å². The summed E-state index contributed by atoms with van der Waals surface area (Å²) in [7, 11) is 1.64. The zero-order valence-corrected chi connectivity index (χ0v) is 11.8. The Labute approximate surface area is 122 Å². The van der Waals surface area contributed by atoms with Crippen molar-refractivity contribution in [3.05, 3.63) is 65.6 Å². The molecule has 108 valence electrons. The summed E-state index contributed by atoms with van der Waals surface area (Å²) in [5, 5.41) is 0.876. The zero-order chi connectivity index (χ0) is 14.8. The summed E-state index contributed by atoms with van der Waals surface area (Å²) < 4.78 is 18.7. The number of fused-ring (bicyclic) bond motifs is 1. The predicted molar refractivity (Wildman–Crippen MR) is 82.1 cm³/mol. The van der Waals surface area contributed by atoms with Crippen molar-refractivity contribution in [2.24, 2.45) is 5.73 Å². The van der Waals surface area contributed by atoms with Crippen LogP contribution in [0.2, 0.25) is 0 Å². The summed E-state index contributed by atoms with van der Waals surface area (Å²) in [5.41, 5.74) is 8.97. The van der Waals surface area contributed by atoms with E-state index in [0.29, 0.717) is 6.54 Å². The highest BCUT2D eigenvalue weighted by atomic mass is 19.1. The summed E-state index contributed by atoms with van der Waals surface area (Å²) in [6.07, 6.45) is 1.91. The standard InChI is InChI=1S/C17H17FN2O/c1-21-13-5-2-11(3-6-13)15(9-19)16-10-20-17-7-4-12(18)8-14(16)17/h2-8,10,15,20H,9,19H2,1H3/t15-/m1/s1. The van der Waals surface area contributed by atoms with E-state index >= 15 is 0 Å². The van der Waals surface area contributed by atoms with Crippen LogP contribution in [0.1, 0.15) is 17.0 Å². The number of methoxy groups -OCH3 is 1. The normalized spacial score (nSPS) is 12.5. The highest BCUT2D eigenvalue weighted by molar-refractivity contribution is 5.84. The predicted octanol–water partition coefficient (Wildman–Crippen LogP) is 3.41. The number of nitrogens with two attached hydrogens (primary N) is 1. The van der Waals surface area contributed by atoms with Gasteiger partial charge in [-0.1, -0.05) is 12.1 Å². The molecule has 0 aliphatic heterocycles. The number of H-pyrrole nitrogens is 1. The molecule has 3 nitrogen and oxygen atoms in total. The van der Waals surface area contributed by atoms with E-state index in [0.717, 1.165) is 27.8 Å². The van der Waals surface area contributed by atoms with Crippen LogP contribution in [0.5, 0.6) is 5.75 Å². The van der Waals surface area contributed by atoms with Gasteiger partial charge in [-0.05, 0) is 41.5 Å². The summed E-state index contributed by atoms with van der Waals surface area (Å²) in [6.45, 7) is 0.454. The minimum atomic E-state index is -0.242. The van der Waals surface area contributed by atoms with E-state index in [2.05, 4.69) is 4.98 Å². The first-order valence-corrected chi connectivity index (χ1v) is 6.83. The third-order valence-electron chi connectivity index (χ3n) is 3.81. The van der Waals surface area contributed by atoms with E-state index in [9.17, 15) is 4.39 Å². The molecule has 1 aromatic heterocycles. The minimum absolute atomic E-state index is 0.0199. The summed E-state index contributed by atoms with van der Waals surface area (Å²) >= 11 is 0. The third kappa shape index (κ3) is 2.50. The van der Waals surface area contributed by atoms with Crippen molar-refractivity contribution in [3.8, 4) is 5.75 Å². The average molecular weight is 284 g/mol. The Bertz CT molecular complexity index is 749. The first-order valence-electron chi connectivity index (χ1n) is 6.83. The molecule has 1 atom stereocenters. The zero-order valence-electron chi connectivity index (χ0n) is 11.8. The van der Waals surface area contributed by atoms with Gasteiger partial charge < -0.3 is 15.5 Å². The number of hydrogen-bond acceptors (Lipinski definition) is 2. The molecule has 3 N–H and O–H groups in total. The van der Waals surface area contributed by atoms with Crippen LogP contribution < -0.4 is 10.5 Å². The highest BCUT2D eigenvalue weighted by Crippen LogP contribution is 2.31. The van der Waals surface area contributed by atoms with Crippen molar-refractivity contribution < 1.29 is 9.13 Å². The summed E-state index contributed by atoms with van der Waals surface area (Å²) in [6, 6.07) is 12.6. The number of aromatic amines is 1. The molecule has 0 fully saturated rings. The smallest absolute Gasteiger partial charge is 0.123 e. The van der Waals surface area contributed by atoms with E-state index in [-0.39, 0.29) is 11.7 Å². The molecule has 1 heterocycles. The van der Waals surface area contributed by atoms with Crippen molar-refractivity contribution in [2.75, 3.05) is 13.7 Å². The van der Waals surface area contributed by atoms with E-state index in [4.69, 9.17) is 10.5 Å². The molecular weight excluding hydrogens is 267 g/mol. The molecule has 0 aliphatic carbocycles. The Balaban J connectivity index is 2.06. The van der Waals surface area contributed by atoms with Crippen molar-refractivity contribution in [1.82, 2.24) is 4.98 Å². The van der Waals surface area contributed by atoms with Crippen molar-refractivity contribution in [3.63, 3.8) is 0 Å². The van der Waals surface area contributed by atoms with Crippen LogP contribution in [0.3, 0.4) is 0 Å². The van der Waals surface area contributed by atoms with Gasteiger partial charge in [0.05, 0.1) is 7.11 Å². The molecular formula is C17H17FN2O. The van der Waals surface area contributed by atoms with E-state index < -0.39 is 0 Å². The SMILES string of the molecule is COc1ccc([C@@H](CN)c2c[nH]c3ccc(F)cc23)cc1. The molecule has 4 heteroatoms. The number of ether oxygens (including phenoxy) is 1. The van der Waals surface area contributed by atoms with Gasteiger partial charge in [0.1, 0.15) is 11.6 Å². The first-order chi connectivity index (χ1) is 10.2. The summed E-state index contributed by atoms with van der Waals surface area (Å²) in [4.78, 5) is 3.18. The lowest BCUT2D eigenvalue weighted by Gasteiger charge is -2.15. The van der Waals surface area contributed by atoms with Gasteiger partial charge in [-0.3, -0.25) is 0 Å². The molecule has 3 aromatic rings. The maximum absolute atomic E-state index is 13.5. The van der Waals surface area contributed by atoms with Gasteiger partial charge in [0.15, 0.2) is 0 Å². The Kier molecular flexibility index (Phi) is 3.62. The van der Waals surface area contributed by atoms with Crippen molar-refractivity contribution >= 4 is 10.9 Å². The quantitative estimate of drug-likeness (QED) is 0.771. The Morgan fingerprint density at radius 3 is 2.62 bits per heavy atom. The Morgan fingerprint density at radius 2 is 1.95 bits per heavy atom. The molecule has 0 amide bonds. The van der Waals surface area contributed by atoms with Crippen LogP contribution in [0, 0.1) is 5.82 Å². The molecule has 0 bridgehead atoms. The molecule has 0 spiro atoms. The minimum Gasteiger partial charge on any atom is -0.497 e. The second-order valence-corrected chi connectivity index (χ2v) is 5.00. The maximum atomic E-state index is 13.5. The van der Waals surface area contributed by atoms with Gasteiger partial charge in [-0.25, -0.2) is 4.39 Å². The topological polar surface area (TPSA) is 51.0 Å². The third-order valence-corrected chi connectivity index (χ3v) is 3.81. The fraction of sp³-hybridized carbons (Fsp3) is 0.176. The number of hydrogen-bond donors (Lipinski definition) is 2.